The lowest BCUT2D eigenvalue weighted by atomic mass is 10.2. The molecule has 3 aromatic rings. The Kier molecular flexibility index (Phi) is 5.25. The Morgan fingerprint density at radius 2 is 1.89 bits per heavy atom. The predicted molar refractivity (Wildman–Crippen MR) is 104 cm³/mol. The molecule has 144 valence electrons. The Labute approximate surface area is 169 Å². The van der Waals surface area contributed by atoms with Gasteiger partial charge in [-0.2, -0.15) is 0 Å². The van der Waals surface area contributed by atoms with Crippen molar-refractivity contribution in [1.82, 2.24) is 19.8 Å². The predicted octanol–water partition coefficient (Wildman–Crippen LogP) is 2.35. The van der Waals surface area contributed by atoms with Gasteiger partial charge in [-0.3, -0.25) is 9.59 Å². The zero-order valence-corrected chi connectivity index (χ0v) is 16.5. The molecule has 0 radical (unpaired) electrons. The van der Waals surface area contributed by atoms with Crippen molar-refractivity contribution >= 4 is 38.6 Å². The fourth-order valence-electron chi connectivity index (χ4n) is 3.06. The van der Waals surface area contributed by atoms with Gasteiger partial charge in [-0.1, -0.05) is 15.9 Å². The van der Waals surface area contributed by atoms with E-state index in [1.165, 1.54) is 12.6 Å². The summed E-state index contributed by atoms with van der Waals surface area (Å²) < 4.78 is 11.7. The smallest absolute Gasteiger partial charge is 0.289 e. The summed E-state index contributed by atoms with van der Waals surface area (Å²) in [6.45, 7) is 1.68. The third-order valence-electron chi connectivity index (χ3n) is 4.54. The van der Waals surface area contributed by atoms with E-state index in [4.69, 9.17) is 9.15 Å². The largest absolute Gasteiger partial charge is 0.467 e. The Bertz CT molecular complexity index is 1000. The molecule has 4 rings (SSSR count). The fraction of sp³-hybridized carbons (Fsp3) is 0.263. The summed E-state index contributed by atoms with van der Waals surface area (Å²) in [7, 11) is 0. The molecule has 1 aliphatic rings. The second kappa shape index (κ2) is 7.97. The second-order valence-corrected chi connectivity index (χ2v) is 7.19. The fourth-order valence-corrected chi connectivity index (χ4v) is 3.42. The van der Waals surface area contributed by atoms with Gasteiger partial charge < -0.3 is 19.0 Å². The normalized spacial score (nSPS) is 14.3. The van der Waals surface area contributed by atoms with E-state index < -0.39 is 0 Å². The molecule has 1 saturated heterocycles. The molecule has 2 aromatic heterocycles. The molecule has 0 spiro atoms. The summed E-state index contributed by atoms with van der Waals surface area (Å²) in [6.07, 6.45) is 2.88. The molecule has 0 unspecified atom stereocenters. The highest BCUT2D eigenvalue weighted by Gasteiger charge is 2.26. The van der Waals surface area contributed by atoms with Crippen molar-refractivity contribution in [3.05, 3.63) is 53.2 Å². The van der Waals surface area contributed by atoms with Gasteiger partial charge in [0, 0.05) is 30.7 Å². The Hall–Kier alpha value is -2.94. The van der Waals surface area contributed by atoms with Crippen molar-refractivity contribution in [3.63, 3.8) is 0 Å². The molecule has 0 aliphatic carbocycles. The van der Waals surface area contributed by atoms with Crippen LogP contribution in [0.2, 0.25) is 0 Å². The number of hydrogen-bond donors (Lipinski definition) is 0. The number of furan rings is 1. The highest BCUT2D eigenvalue weighted by atomic mass is 79.9. The van der Waals surface area contributed by atoms with Crippen LogP contribution in [-0.4, -0.2) is 64.4 Å². The average Bonchev–Trinajstić information content (AvgIpc) is 3.26. The van der Waals surface area contributed by atoms with Gasteiger partial charge in [-0.15, -0.1) is 0 Å². The van der Waals surface area contributed by atoms with E-state index in [9.17, 15) is 9.59 Å². The van der Waals surface area contributed by atoms with Crippen molar-refractivity contribution in [2.45, 2.75) is 0 Å². The van der Waals surface area contributed by atoms with Crippen LogP contribution in [0, 0.1) is 0 Å². The van der Waals surface area contributed by atoms with Crippen LogP contribution in [0.25, 0.3) is 10.9 Å². The van der Waals surface area contributed by atoms with Crippen LogP contribution in [0.5, 0.6) is 5.88 Å². The molecule has 1 fully saturated rings. The standard InChI is InChI=1S/C19H17BrN4O4/c20-13-3-4-15-14(10-13)18(22-12-21-15)28-11-17(25)23-5-7-24(8-6-23)19(26)16-2-1-9-27-16/h1-4,9-10,12H,5-8,11H2. The van der Waals surface area contributed by atoms with Gasteiger partial charge in [0.1, 0.15) is 6.33 Å². The molecular weight excluding hydrogens is 428 g/mol. The summed E-state index contributed by atoms with van der Waals surface area (Å²) in [5, 5.41) is 0.735. The lowest BCUT2D eigenvalue weighted by Gasteiger charge is -2.34. The molecule has 9 heteroatoms. The lowest BCUT2D eigenvalue weighted by molar-refractivity contribution is -0.134. The van der Waals surface area contributed by atoms with E-state index in [1.54, 1.807) is 21.9 Å². The third kappa shape index (κ3) is 3.84. The van der Waals surface area contributed by atoms with E-state index in [1.807, 2.05) is 18.2 Å². The van der Waals surface area contributed by atoms with Crippen molar-refractivity contribution in [2.75, 3.05) is 32.8 Å². The number of rotatable bonds is 4. The molecule has 0 N–H and O–H groups in total. The van der Waals surface area contributed by atoms with Gasteiger partial charge in [0.15, 0.2) is 12.4 Å². The SMILES string of the molecule is O=C(COc1ncnc2ccc(Br)cc12)N1CCN(C(=O)c2ccco2)CC1. The second-order valence-electron chi connectivity index (χ2n) is 6.28. The topological polar surface area (TPSA) is 88.8 Å². The number of halogens is 1. The van der Waals surface area contributed by atoms with Crippen molar-refractivity contribution in [1.29, 1.82) is 0 Å². The third-order valence-corrected chi connectivity index (χ3v) is 5.04. The number of hydrogen-bond acceptors (Lipinski definition) is 6. The molecule has 0 bridgehead atoms. The van der Waals surface area contributed by atoms with Crippen LogP contribution in [0.3, 0.4) is 0 Å². The number of piperazine rings is 1. The first-order valence-electron chi connectivity index (χ1n) is 8.75. The number of benzene rings is 1. The van der Waals surface area contributed by atoms with Crippen LogP contribution < -0.4 is 4.74 Å². The maximum Gasteiger partial charge on any atom is 0.289 e. The van der Waals surface area contributed by atoms with Crippen molar-refractivity contribution in [2.24, 2.45) is 0 Å². The molecule has 0 saturated carbocycles. The first kappa shape index (κ1) is 18.4. The molecule has 0 atom stereocenters. The highest BCUT2D eigenvalue weighted by Crippen LogP contribution is 2.25. The van der Waals surface area contributed by atoms with Crippen molar-refractivity contribution in [3.8, 4) is 5.88 Å². The highest BCUT2D eigenvalue weighted by molar-refractivity contribution is 9.10. The number of ether oxygens (including phenoxy) is 1. The number of aromatic nitrogens is 2. The molecular formula is C19H17BrN4O4. The molecule has 1 aromatic carbocycles. The molecule has 3 heterocycles. The van der Waals surface area contributed by atoms with Gasteiger partial charge in [-0.05, 0) is 30.3 Å². The number of fused-ring (bicyclic) bond motifs is 1. The zero-order valence-electron chi connectivity index (χ0n) is 14.9. The Morgan fingerprint density at radius 1 is 1.11 bits per heavy atom. The first-order chi connectivity index (χ1) is 13.6. The number of carbonyl (C=O) groups is 2. The number of nitrogens with zero attached hydrogens (tertiary/aromatic N) is 4. The maximum atomic E-state index is 12.5. The van der Waals surface area contributed by atoms with Crippen LogP contribution in [0.15, 0.2) is 51.8 Å². The Balaban J connectivity index is 1.34. The molecule has 2 amide bonds. The summed E-state index contributed by atoms with van der Waals surface area (Å²) in [5.74, 6) is 0.370. The monoisotopic (exact) mass is 444 g/mol. The van der Waals surface area contributed by atoms with E-state index in [2.05, 4.69) is 25.9 Å². The van der Waals surface area contributed by atoms with Crippen LogP contribution >= 0.6 is 15.9 Å². The van der Waals surface area contributed by atoms with E-state index in [-0.39, 0.29) is 18.4 Å². The molecule has 1 aliphatic heterocycles. The minimum atomic E-state index is -0.161. The maximum absolute atomic E-state index is 12.5. The summed E-state index contributed by atoms with van der Waals surface area (Å²) in [6, 6.07) is 8.91. The first-order valence-corrected chi connectivity index (χ1v) is 9.55. The molecule has 8 nitrogen and oxygen atoms in total. The zero-order chi connectivity index (χ0) is 19.5. The van der Waals surface area contributed by atoms with Crippen molar-refractivity contribution < 1.29 is 18.7 Å². The average molecular weight is 445 g/mol. The van der Waals surface area contributed by atoms with Crippen LogP contribution in [-0.2, 0) is 4.79 Å². The molecule has 28 heavy (non-hydrogen) atoms. The van der Waals surface area contributed by atoms with Gasteiger partial charge in [0.05, 0.1) is 17.2 Å². The van der Waals surface area contributed by atoms with Gasteiger partial charge in [0.2, 0.25) is 5.88 Å². The minimum Gasteiger partial charge on any atom is -0.467 e. The van der Waals surface area contributed by atoms with Gasteiger partial charge >= 0.3 is 0 Å². The summed E-state index contributed by atoms with van der Waals surface area (Å²) in [5.41, 5.74) is 0.741. The van der Waals surface area contributed by atoms with Gasteiger partial charge in [-0.25, -0.2) is 9.97 Å². The van der Waals surface area contributed by atoms with E-state index in [0.717, 1.165) is 15.4 Å². The van der Waals surface area contributed by atoms with Crippen LogP contribution in [0.1, 0.15) is 10.6 Å². The van der Waals surface area contributed by atoms with E-state index >= 15 is 0 Å². The number of amides is 2. The summed E-state index contributed by atoms with van der Waals surface area (Å²) in [4.78, 5) is 36.5. The lowest BCUT2D eigenvalue weighted by Crippen LogP contribution is -2.51. The van der Waals surface area contributed by atoms with Crippen LogP contribution in [0.4, 0.5) is 0 Å². The Morgan fingerprint density at radius 3 is 2.64 bits per heavy atom. The summed E-state index contributed by atoms with van der Waals surface area (Å²) >= 11 is 3.42. The number of carbonyl (C=O) groups excluding carboxylic acids is 2. The quantitative estimate of drug-likeness (QED) is 0.613. The van der Waals surface area contributed by atoms with E-state index in [0.29, 0.717) is 37.8 Å². The van der Waals surface area contributed by atoms with Gasteiger partial charge in [0.25, 0.3) is 11.8 Å². The minimum absolute atomic E-state index is 0.120.